The minimum absolute atomic E-state index is 0.0644. The van der Waals surface area contributed by atoms with E-state index in [1.807, 2.05) is 6.92 Å². The third kappa shape index (κ3) is 3.57. The fraction of sp³-hybridized carbons (Fsp3) is 0.875. The fourth-order valence-electron chi connectivity index (χ4n) is 6.75. The van der Waals surface area contributed by atoms with Crippen LogP contribution in [0.5, 0.6) is 0 Å². The van der Waals surface area contributed by atoms with Crippen LogP contribution in [0.1, 0.15) is 78.1 Å². The molecule has 29 heavy (non-hydrogen) atoms. The minimum atomic E-state index is -0.923. The molecule has 164 valence electrons. The van der Waals surface area contributed by atoms with Crippen LogP contribution in [0.4, 0.5) is 0 Å². The van der Waals surface area contributed by atoms with Crippen LogP contribution in [-0.4, -0.2) is 48.6 Å². The lowest BCUT2D eigenvalue weighted by atomic mass is 9.49. The number of carbonyl (C=O) groups excluding carboxylic acids is 1. The summed E-state index contributed by atoms with van der Waals surface area (Å²) in [5, 5.41) is 15.5. The van der Waals surface area contributed by atoms with Gasteiger partial charge in [-0.05, 0) is 77.7 Å². The number of methoxy groups -OCH3 is 1. The molecule has 3 fully saturated rings. The Morgan fingerprint density at radius 1 is 1.24 bits per heavy atom. The number of allylic oxidation sites excluding steroid dienone is 1. The van der Waals surface area contributed by atoms with Crippen LogP contribution in [0, 0.1) is 17.3 Å². The highest BCUT2D eigenvalue weighted by Crippen LogP contribution is 2.61. The van der Waals surface area contributed by atoms with Gasteiger partial charge < -0.3 is 19.9 Å². The average Bonchev–Trinajstić information content (AvgIpc) is 2.99. The number of hydrogen-bond acceptors (Lipinski definition) is 5. The summed E-state index contributed by atoms with van der Waals surface area (Å²) < 4.78 is 11.7. The molecule has 2 N–H and O–H groups in total. The van der Waals surface area contributed by atoms with Crippen molar-refractivity contribution in [2.45, 2.75) is 95.4 Å². The summed E-state index contributed by atoms with van der Waals surface area (Å²) in [6.45, 7) is 5.76. The molecule has 5 nitrogen and oxygen atoms in total. The van der Waals surface area contributed by atoms with Gasteiger partial charge in [0.05, 0.1) is 17.1 Å². The van der Waals surface area contributed by atoms with Crippen LogP contribution in [0.2, 0.25) is 0 Å². The molecule has 0 spiro atoms. The third-order valence-electron chi connectivity index (χ3n) is 8.83. The maximum Gasteiger partial charge on any atom is 0.310 e. The van der Waals surface area contributed by atoms with Gasteiger partial charge in [-0.15, -0.1) is 0 Å². The zero-order valence-corrected chi connectivity index (χ0v) is 18.5. The number of aliphatic hydroxyl groups is 1. The van der Waals surface area contributed by atoms with Gasteiger partial charge in [0, 0.05) is 25.0 Å². The lowest BCUT2D eigenvalue weighted by Crippen LogP contribution is -2.69. The van der Waals surface area contributed by atoms with E-state index in [4.69, 9.17) is 9.47 Å². The lowest BCUT2D eigenvalue weighted by molar-refractivity contribution is -0.270. The minimum Gasteiger partial charge on any atom is -0.462 e. The van der Waals surface area contributed by atoms with Crippen molar-refractivity contribution >= 4 is 5.97 Å². The number of fused-ring (bicyclic) bond motifs is 2. The number of esters is 1. The van der Waals surface area contributed by atoms with E-state index in [0.29, 0.717) is 13.0 Å². The van der Waals surface area contributed by atoms with Crippen LogP contribution in [0.25, 0.3) is 0 Å². The molecule has 2 saturated carbocycles. The maximum atomic E-state index is 12.7. The lowest BCUT2D eigenvalue weighted by Gasteiger charge is -2.62. The zero-order valence-electron chi connectivity index (χ0n) is 18.5. The van der Waals surface area contributed by atoms with E-state index in [-0.39, 0.29) is 29.3 Å². The summed E-state index contributed by atoms with van der Waals surface area (Å²) in [7, 11) is 1.71. The number of ether oxygens (including phenoxy) is 2. The largest absolute Gasteiger partial charge is 0.462 e. The van der Waals surface area contributed by atoms with E-state index < -0.39 is 11.2 Å². The van der Waals surface area contributed by atoms with Crippen molar-refractivity contribution in [1.82, 2.24) is 5.32 Å². The Hall–Kier alpha value is -0.910. The molecule has 0 amide bonds. The SMILES string of the molecule is CO[C@]1(C)CCC[C@]2(C)C[C@H]3OC(=O)[C@@H](CNCCC4=CCCCC4)[C@H]3C[C@]21O. The van der Waals surface area contributed by atoms with Crippen LogP contribution in [-0.2, 0) is 14.3 Å². The van der Waals surface area contributed by atoms with Crippen molar-refractivity contribution < 1.29 is 19.4 Å². The molecule has 0 aromatic rings. The second kappa shape index (κ2) is 7.97. The van der Waals surface area contributed by atoms with Gasteiger partial charge in [-0.1, -0.05) is 18.6 Å². The number of hydrogen-bond donors (Lipinski definition) is 2. The first-order valence-electron chi connectivity index (χ1n) is 11.7. The molecule has 0 aromatic heterocycles. The molecule has 1 heterocycles. The first-order valence-corrected chi connectivity index (χ1v) is 11.7. The normalized spacial score (nSPS) is 44.6. The van der Waals surface area contributed by atoms with E-state index in [0.717, 1.165) is 38.6 Å². The molecule has 5 heteroatoms. The second-order valence-corrected chi connectivity index (χ2v) is 10.4. The van der Waals surface area contributed by atoms with Gasteiger partial charge in [0.2, 0.25) is 0 Å². The molecule has 0 unspecified atom stereocenters. The summed E-state index contributed by atoms with van der Waals surface area (Å²) in [6, 6.07) is 0. The highest BCUT2D eigenvalue weighted by atomic mass is 16.6. The van der Waals surface area contributed by atoms with E-state index in [1.54, 1.807) is 12.7 Å². The van der Waals surface area contributed by atoms with E-state index in [2.05, 4.69) is 18.3 Å². The van der Waals surface area contributed by atoms with Crippen LogP contribution < -0.4 is 5.32 Å². The maximum absolute atomic E-state index is 12.7. The summed E-state index contributed by atoms with van der Waals surface area (Å²) in [5.41, 5.74) is -0.209. The predicted octanol–water partition coefficient (Wildman–Crippen LogP) is 3.74. The highest BCUT2D eigenvalue weighted by Gasteiger charge is 2.67. The Labute approximate surface area is 175 Å². The van der Waals surface area contributed by atoms with Crippen LogP contribution >= 0.6 is 0 Å². The first-order chi connectivity index (χ1) is 13.8. The number of nitrogens with one attached hydrogen (secondary N) is 1. The van der Waals surface area contributed by atoms with E-state index >= 15 is 0 Å². The van der Waals surface area contributed by atoms with Gasteiger partial charge in [0.25, 0.3) is 0 Å². The number of carbonyl (C=O) groups is 1. The summed E-state index contributed by atoms with van der Waals surface area (Å²) >= 11 is 0. The summed E-state index contributed by atoms with van der Waals surface area (Å²) in [5.74, 6) is -0.194. The fourth-order valence-corrected chi connectivity index (χ4v) is 6.75. The van der Waals surface area contributed by atoms with Crippen molar-refractivity contribution in [3.05, 3.63) is 11.6 Å². The molecule has 0 radical (unpaired) electrons. The van der Waals surface area contributed by atoms with Gasteiger partial charge in [-0.2, -0.15) is 0 Å². The Kier molecular flexibility index (Phi) is 5.86. The molecule has 1 aliphatic heterocycles. The van der Waals surface area contributed by atoms with Gasteiger partial charge >= 0.3 is 5.97 Å². The molecule has 1 saturated heterocycles. The first kappa shape index (κ1) is 21.3. The van der Waals surface area contributed by atoms with E-state index in [1.165, 1.54) is 25.7 Å². The van der Waals surface area contributed by atoms with Gasteiger partial charge in [0.15, 0.2) is 0 Å². The molecule has 6 atom stereocenters. The Balaban J connectivity index is 1.42. The van der Waals surface area contributed by atoms with Crippen molar-refractivity contribution in [2.75, 3.05) is 20.2 Å². The monoisotopic (exact) mass is 405 g/mol. The molecule has 4 rings (SSSR count). The van der Waals surface area contributed by atoms with Crippen molar-refractivity contribution in [3.8, 4) is 0 Å². The molecular weight excluding hydrogens is 366 g/mol. The molecule has 3 aliphatic carbocycles. The van der Waals surface area contributed by atoms with E-state index in [9.17, 15) is 9.90 Å². The van der Waals surface area contributed by atoms with Crippen molar-refractivity contribution in [2.24, 2.45) is 17.3 Å². The Bertz CT molecular complexity index is 663. The van der Waals surface area contributed by atoms with Crippen LogP contribution in [0.15, 0.2) is 11.6 Å². The van der Waals surface area contributed by atoms with Gasteiger partial charge in [-0.25, -0.2) is 0 Å². The smallest absolute Gasteiger partial charge is 0.310 e. The zero-order chi connectivity index (χ0) is 20.7. The Morgan fingerprint density at radius 3 is 2.79 bits per heavy atom. The summed E-state index contributed by atoms with van der Waals surface area (Å²) in [6.07, 6.45) is 12.6. The average molecular weight is 406 g/mol. The standard InChI is InChI=1S/C24H39NO4/c1-22-11-7-12-23(2,28-3)24(22,27)14-18-19(21(26)29-20(18)15-22)16-25-13-10-17-8-5-4-6-9-17/h8,18-20,25,27H,4-7,9-16H2,1-3H3/t18-,19+,20-,22-,23-,24+/m1/s1. The molecular formula is C24H39NO4. The molecule has 0 aromatic carbocycles. The quantitative estimate of drug-likeness (QED) is 0.400. The summed E-state index contributed by atoms with van der Waals surface area (Å²) in [4.78, 5) is 12.7. The van der Waals surface area contributed by atoms with Crippen molar-refractivity contribution in [3.63, 3.8) is 0 Å². The van der Waals surface area contributed by atoms with Crippen LogP contribution in [0.3, 0.4) is 0 Å². The molecule has 4 aliphatic rings. The predicted molar refractivity (Wildman–Crippen MR) is 112 cm³/mol. The third-order valence-corrected chi connectivity index (χ3v) is 8.83. The van der Waals surface area contributed by atoms with Gasteiger partial charge in [0.1, 0.15) is 6.10 Å². The van der Waals surface area contributed by atoms with Gasteiger partial charge in [-0.3, -0.25) is 4.79 Å². The molecule has 0 bridgehead atoms. The Morgan fingerprint density at radius 2 is 2.07 bits per heavy atom. The number of rotatable bonds is 6. The van der Waals surface area contributed by atoms with Crippen molar-refractivity contribution in [1.29, 1.82) is 0 Å². The topological polar surface area (TPSA) is 67.8 Å². The second-order valence-electron chi connectivity index (χ2n) is 10.4. The highest BCUT2D eigenvalue weighted by molar-refractivity contribution is 5.75.